The molecule has 3 fully saturated rings. The maximum Gasteiger partial charge on any atom is 0.265 e. The monoisotopic (exact) mass is 352 g/mol. The first kappa shape index (κ1) is 16.4. The molecule has 0 aliphatic carbocycles. The number of likely N-dealkylation sites (tertiary alicyclic amines) is 1. The normalized spacial score (nSPS) is 27.6. The van der Waals surface area contributed by atoms with Crippen molar-refractivity contribution >= 4 is 17.2 Å². The van der Waals surface area contributed by atoms with E-state index in [0.29, 0.717) is 19.8 Å². The zero-order chi connectivity index (χ0) is 16.7. The molecule has 0 unspecified atom stereocenters. The van der Waals surface area contributed by atoms with E-state index >= 15 is 0 Å². The molecule has 8 heteroatoms. The summed E-state index contributed by atoms with van der Waals surface area (Å²) in [4.78, 5) is 26.9. The lowest BCUT2D eigenvalue weighted by Gasteiger charge is -2.54. The molecule has 1 aromatic heterocycles. The molecule has 1 amide bonds. The average molecular weight is 352 g/mol. The third-order valence-electron chi connectivity index (χ3n) is 4.95. The van der Waals surface area contributed by atoms with E-state index in [0.717, 1.165) is 43.3 Å². The van der Waals surface area contributed by atoms with Crippen molar-refractivity contribution in [3.05, 3.63) is 16.1 Å². The van der Waals surface area contributed by atoms with Crippen LogP contribution in [0.25, 0.3) is 0 Å². The quantitative estimate of drug-likeness (QED) is 0.790. The summed E-state index contributed by atoms with van der Waals surface area (Å²) in [5, 5.41) is 4.75. The summed E-state index contributed by atoms with van der Waals surface area (Å²) in [6.07, 6.45) is 0.915. The molecule has 0 radical (unpaired) electrons. The van der Waals surface area contributed by atoms with Gasteiger partial charge in [0, 0.05) is 30.7 Å². The van der Waals surface area contributed by atoms with Crippen LogP contribution in [0.2, 0.25) is 0 Å². The van der Waals surface area contributed by atoms with Gasteiger partial charge >= 0.3 is 0 Å². The third kappa shape index (κ3) is 3.09. The predicted octanol–water partition coefficient (Wildman–Crippen LogP) is 0.500. The highest BCUT2D eigenvalue weighted by Crippen LogP contribution is 2.32. The number of aryl methyl sites for hydroxylation is 1. The number of thiazole rings is 1. The van der Waals surface area contributed by atoms with Crippen molar-refractivity contribution in [3.63, 3.8) is 0 Å². The number of hydrogen-bond acceptors (Lipinski definition) is 7. The van der Waals surface area contributed by atoms with Crippen molar-refractivity contribution in [1.29, 1.82) is 0 Å². The van der Waals surface area contributed by atoms with Crippen LogP contribution in [0.5, 0.6) is 0 Å². The fourth-order valence-corrected chi connectivity index (χ4v) is 4.59. The van der Waals surface area contributed by atoms with Gasteiger partial charge in [-0.05, 0) is 20.4 Å². The van der Waals surface area contributed by atoms with E-state index in [4.69, 9.17) is 9.57 Å². The lowest BCUT2D eigenvalue weighted by molar-refractivity contribution is -0.212. The molecule has 24 heavy (non-hydrogen) atoms. The van der Waals surface area contributed by atoms with Crippen LogP contribution in [0.3, 0.4) is 0 Å². The van der Waals surface area contributed by atoms with Crippen molar-refractivity contribution in [2.45, 2.75) is 31.5 Å². The summed E-state index contributed by atoms with van der Waals surface area (Å²) in [6, 6.07) is -0.232. The molecule has 4 rings (SSSR count). The number of carbonyl (C=O) groups is 1. The Kier molecular flexibility index (Phi) is 4.34. The third-order valence-corrected chi connectivity index (χ3v) is 5.90. The molecule has 3 saturated heterocycles. The fourth-order valence-electron chi connectivity index (χ4n) is 3.78. The Morgan fingerprint density at radius 1 is 1.46 bits per heavy atom. The predicted molar refractivity (Wildman–Crippen MR) is 89.5 cm³/mol. The Bertz CT molecular complexity index is 610. The number of carbonyl (C=O) groups excluding carboxylic acids is 1. The second-order valence-electron chi connectivity index (χ2n) is 7.08. The van der Waals surface area contributed by atoms with Crippen LogP contribution in [0, 0.1) is 6.92 Å². The van der Waals surface area contributed by atoms with Crippen molar-refractivity contribution in [1.82, 2.24) is 19.8 Å². The molecule has 0 saturated carbocycles. The van der Waals surface area contributed by atoms with E-state index in [-0.39, 0.29) is 17.6 Å². The molecule has 3 aliphatic rings. The van der Waals surface area contributed by atoms with E-state index in [2.05, 4.69) is 20.2 Å². The minimum atomic E-state index is -0.232. The zero-order valence-corrected chi connectivity index (χ0v) is 15.0. The summed E-state index contributed by atoms with van der Waals surface area (Å²) in [5.74, 6) is 0.0271. The highest BCUT2D eigenvalue weighted by atomic mass is 32.1. The molecule has 0 N–H and O–H groups in total. The van der Waals surface area contributed by atoms with E-state index < -0.39 is 0 Å². The molecule has 4 heterocycles. The molecule has 7 nitrogen and oxygen atoms in total. The van der Waals surface area contributed by atoms with Gasteiger partial charge in [0.25, 0.3) is 5.91 Å². The van der Waals surface area contributed by atoms with Gasteiger partial charge in [-0.2, -0.15) is 0 Å². The van der Waals surface area contributed by atoms with Gasteiger partial charge < -0.3 is 4.74 Å². The average Bonchev–Trinajstić information content (AvgIpc) is 3.17. The number of nitrogens with zero attached hydrogens (tertiary/aromatic N) is 4. The lowest BCUT2D eigenvalue weighted by Crippen LogP contribution is -2.72. The van der Waals surface area contributed by atoms with Gasteiger partial charge in [-0.3, -0.25) is 19.4 Å². The van der Waals surface area contributed by atoms with Gasteiger partial charge in [0.15, 0.2) is 0 Å². The van der Waals surface area contributed by atoms with E-state index in [1.165, 1.54) is 5.06 Å². The van der Waals surface area contributed by atoms with Crippen LogP contribution in [0.15, 0.2) is 5.38 Å². The summed E-state index contributed by atoms with van der Waals surface area (Å²) in [7, 11) is 2.01. The van der Waals surface area contributed by atoms with E-state index in [1.54, 1.807) is 11.3 Å². The zero-order valence-electron chi connectivity index (χ0n) is 14.2. The summed E-state index contributed by atoms with van der Waals surface area (Å²) >= 11 is 1.71. The van der Waals surface area contributed by atoms with Crippen LogP contribution in [-0.4, -0.2) is 83.8 Å². The van der Waals surface area contributed by atoms with Gasteiger partial charge in [0.05, 0.1) is 26.3 Å². The molecule has 3 aliphatic heterocycles. The van der Waals surface area contributed by atoms with Gasteiger partial charge in [0.2, 0.25) is 0 Å². The van der Waals surface area contributed by atoms with Crippen molar-refractivity contribution in [3.8, 4) is 0 Å². The second-order valence-corrected chi connectivity index (χ2v) is 8.02. The molecule has 0 aromatic carbocycles. The number of aromatic nitrogens is 1. The smallest absolute Gasteiger partial charge is 0.265 e. The van der Waals surface area contributed by atoms with Crippen LogP contribution in [0.1, 0.15) is 17.1 Å². The van der Waals surface area contributed by atoms with Gasteiger partial charge in [-0.25, -0.2) is 10.0 Å². The first-order valence-corrected chi connectivity index (χ1v) is 9.34. The molecule has 132 valence electrons. The minimum Gasteiger partial charge on any atom is -0.369 e. The SMILES string of the molecule is Cc1csc(CN2CC3(C2)CN(C)[C@@H](C(=O)N2CCCO2)CO3)n1. The Morgan fingerprint density at radius 2 is 2.29 bits per heavy atom. The maximum atomic E-state index is 12.5. The van der Waals surface area contributed by atoms with Crippen molar-refractivity contribution in [2.75, 3.05) is 46.4 Å². The summed E-state index contributed by atoms with van der Waals surface area (Å²) in [5.41, 5.74) is 0.952. The van der Waals surface area contributed by atoms with Crippen molar-refractivity contribution in [2.24, 2.45) is 0 Å². The van der Waals surface area contributed by atoms with Gasteiger partial charge in [-0.1, -0.05) is 0 Å². The first-order valence-electron chi connectivity index (χ1n) is 8.47. The maximum absolute atomic E-state index is 12.5. The molecular formula is C16H24N4O3S. The van der Waals surface area contributed by atoms with Gasteiger partial charge in [-0.15, -0.1) is 11.3 Å². The Hall–Kier alpha value is -1.06. The number of hydroxylamine groups is 2. The van der Waals surface area contributed by atoms with Gasteiger partial charge in [0.1, 0.15) is 16.7 Å². The largest absolute Gasteiger partial charge is 0.369 e. The second kappa shape index (κ2) is 6.34. The highest BCUT2D eigenvalue weighted by Gasteiger charge is 2.50. The fraction of sp³-hybridized carbons (Fsp3) is 0.750. The number of rotatable bonds is 3. The number of amides is 1. The van der Waals surface area contributed by atoms with Crippen LogP contribution < -0.4 is 0 Å². The standard InChI is InChI=1S/C16H24N4O3S/c1-12-8-24-14(17-12)6-19-10-16(11-19)9-18(2)13(7-22-16)15(21)20-4-3-5-23-20/h8,13H,3-7,9-11H2,1-2H3/t13-/m1/s1. The number of morpholine rings is 1. The molecule has 1 aromatic rings. The van der Waals surface area contributed by atoms with E-state index in [9.17, 15) is 4.79 Å². The van der Waals surface area contributed by atoms with Crippen LogP contribution in [0.4, 0.5) is 0 Å². The minimum absolute atomic E-state index is 0.0271. The summed E-state index contributed by atoms with van der Waals surface area (Å²) < 4.78 is 6.13. The van der Waals surface area contributed by atoms with E-state index in [1.807, 2.05) is 14.0 Å². The molecule has 1 spiro atoms. The number of hydrogen-bond donors (Lipinski definition) is 0. The lowest BCUT2D eigenvalue weighted by atomic mass is 9.90. The highest BCUT2D eigenvalue weighted by molar-refractivity contribution is 7.09. The molecule has 1 atom stereocenters. The Morgan fingerprint density at radius 3 is 2.92 bits per heavy atom. The topological polar surface area (TPSA) is 58.1 Å². The number of ether oxygens (including phenoxy) is 1. The first-order chi connectivity index (χ1) is 11.5. The molecular weight excluding hydrogens is 328 g/mol. The molecule has 0 bridgehead atoms. The Labute approximate surface area is 146 Å². The van der Waals surface area contributed by atoms with Crippen molar-refractivity contribution < 1.29 is 14.4 Å². The summed E-state index contributed by atoms with van der Waals surface area (Å²) in [6.45, 7) is 7.26. The van der Waals surface area contributed by atoms with Crippen LogP contribution >= 0.6 is 11.3 Å². The Balaban J connectivity index is 1.30. The number of likely N-dealkylation sites (N-methyl/N-ethyl adjacent to an activating group) is 1. The van der Waals surface area contributed by atoms with Crippen LogP contribution in [-0.2, 0) is 20.9 Å².